The molecule has 0 atom stereocenters. The molecule has 2 heterocycles. The molecule has 0 saturated heterocycles. The molecule has 0 unspecified atom stereocenters. The summed E-state index contributed by atoms with van der Waals surface area (Å²) in [4.78, 5) is 10.5. The highest BCUT2D eigenvalue weighted by Gasteiger charge is 2.18. The molecule has 2 aromatic rings. The average Bonchev–Trinajstić information content (AvgIpc) is 2.49. The fraction of sp³-hybridized carbons (Fsp3) is 0.267. The lowest BCUT2D eigenvalue weighted by atomic mass is 10.0. The number of hydrogen-bond donors (Lipinski definition) is 0. The van der Waals surface area contributed by atoms with E-state index in [0.717, 1.165) is 30.8 Å². The standard InChI is InChI=1S/C15H13FN4/c16-14-2-1-12(13(5-14)6-17)8-20-4-3-11-7-18-10-19-15(11)9-20/h1-2,5,7,10H,3-4,8-9H2. The van der Waals surface area contributed by atoms with Gasteiger partial charge < -0.3 is 0 Å². The number of nitriles is 1. The molecule has 0 bridgehead atoms. The van der Waals surface area contributed by atoms with E-state index in [0.29, 0.717) is 12.1 Å². The van der Waals surface area contributed by atoms with Crippen molar-refractivity contribution in [1.82, 2.24) is 14.9 Å². The van der Waals surface area contributed by atoms with Gasteiger partial charge in [0.25, 0.3) is 0 Å². The zero-order chi connectivity index (χ0) is 13.9. The van der Waals surface area contributed by atoms with Crippen LogP contribution in [0.25, 0.3) is 0 Å². The lowest BCUT2D eigenvalue weighted by molar-refractivity contribution is 0.241. The van der Waals surface area contributed by atoms with E-state index in [1.165, 1.54) is 17.7 Å². The number of nitrogens with zero attached hydrogens (tertiary/aromatic N) is 4. The first-order valence-electron chi connectivity index (χ1n) is 6.45. The van der Waals surface area contributed by atoms with Crippen molar-refractivity contribution in [1.29, 1.82) is 5.26 Å². The van der Waals surface area contributed by atoms with Crippen molar-refractivity contribution >= 4 is 0 Å². The van der Waals surface area contributed by atoms with Crippen molar-refractivity contribution in [3.63, 3.8) is 0 Å². The first-order valence-corrected chi connectivity index (χ1v) is 6.45. The van der Waals surface area contributed by atoms with Crippen molar-refractivity contribution in [2.24, 2.45) is 0 Å². The molecule has 1 aromatic heterocycles. The minimum Gasteiger partial charge on any atom is -0.293 e. The minimum absolute atomic E-state index is 0.373. The van der Waals surface area contributed by atoms with Crippen LogP contribution in [0.3, 0.4) is 0 Å². The van der Waals surface area contributed by atoms with Gasteiger partial charge in [-0.25, -0.2) is 14.4 Å². The predicted molar refractivity (Wildman–Crippen MR) is 71.0 cm³/mol. The highest BCUT2D eigenvalue weighted by atomic mass is 19.1. The van der Waals surface area contributed by atoms with E-state index in [9.17, 15) is 4.39 Å². The molecule has 0 saturated carbocycles. The topological polar surface area (TPSA) is 52.8 Å². The summed E-state index contributed by atoms with van der Waals surface area (Å²) < 4.78 is 13.1. The number of fused-ring (bicyclic) bond motifs is 1. The van der Waals surface area contributed by atoms with Crippen molar-refractivity contribution < 1.29 is 4.39 Å². The number of halogens is 1. The van der Waals surface area contributed by atoms with Crippen LogP contribution in [0, 0.1) is 17.1 Å². The van der Waals surface area contributed by atoms with Crippen LogP contribution >= 0.6 is 0 Å². The Hall–Kier alpha value is -2.32. The maximum atomic E-state index is 13.1. The zero-order valence-electron chi connectivity index (χ0n) is 10.9. The van der Waals surface area contributed by atoms with Gasteiger partial charge >= 0.3 is 0 Å². The highest BCUT2D eigenvalue weighted by molar-refractivity contribution is 5.38. The lowest BCUT2D eigenvalue weighted by Gasteiger charge is -2.27. The highest BCUT2D eigenvalue weighted by Crippen LogP contribution is 2.19. The Morgan fingerprint density at radius 2 is 2.30 bits per heavy atom. The van der Waals surface area contributed by atoms with Gasteiger partial charge in [0.1, 0.15) is 12.1 Å². The molecule has 100 valence electrons. The van der Waals surface area contributed by atoms with Crippen molar-refractivity contribution in [3.05, 3.63) is 58.9 Å². The largest absolute Gasteiger partial charge is 0.293 e. The van der Waals surface area contributed by atoms with E-state index < -0.39 is 0 Å². The van der Waals surface area contributed by atoms with Crippen LogP contribution < -0.4 is 0 Å². The van der Waals surface area contributed by atoms with Gasteiger partial charge in [0.15, 0.2) is 0 Å². The van der Waals surface area contributed by atoms with Crippen LogP contribution in [0.15, 0.2) is 30.7 Å². The van der Waals surface area contributed by atoms with Gasteiger partial charge in [0, 0.05) is 25.8 Å². The van der Waals surface area contributed by atoms with Gasteiger partial charge in [0.2, 0.25) is 0 Å². The fourth-order valence-corrected chi connectivity index (χ4v) is 2.47. The average molecular weight is 268 g/mol. The monoisotopic (exact) mass is 268 g/mol. The second kappa shape index (κ2) is 5.35. The van der Waals surface area contributed by atoms with E-state index in [2.05, 4.69) is 20.9 Å². The van der Waals surface area contributed by atoms with Gasteiger partial charge in [-0.05, 0) is 29.7 Å². The molecule has 3 rings (SSSR count). The van der Waals surface area contributed by atoms with Gasteiger partial charge in [-0.15, -0.1) is 0 Å². The molecule has 0 fully saturated rings. The fourth-order valence-electron chi connectivity index (χ4n) is 2.47. The molecule has 0 N–H and O–H groups in total. The summed E-state index contributed by atoms with van der Waals surface area (Å²) in [6.45, 7) is 2.26. The molecule has 0 aliphatic carbocycles. The Morgan fingerprint density at radius 1 is 1.40 bits per heavy atom. The van der Waals surface area contributed by atoms with Crippen LogP contribution in [0.2, 0.25) is 0 Å². The third-order valence-corrected chi connectivity index (χ3v) is 3.54. The second-order valence-corrected chi connectivity index (χ2v) is 4.87. The Bertz CT molecular complexity index is 678. The molecule has 4 nitrogen and oxygen atoms in total. The van der Waals surface area contributed by atoms with Crippen LogP contribution in [-0.4, -0.2) is 21.4 Å². The van der Waals surface area contributed by atoms with Gasteiger partial charge in [-0.1, -0.05) is 6.07 Å². The van der Waals surface area contributed by atoms with E-state index in [-0.39, 0.29) is 5.82 Å². The maximum Gasteiger partial charge on any atom is 0.124 e. The minimum atomic E-state index is -0.373. The SMILES string of the molecule is N#Cc1cc(F)ccc1CN1CCc2cncnc2C1. The zero-order valence-corrected chi connectivity index (χ0v) is 10.9. The summed E-state index contributed by atoms with van der Waals surface area (Å²) in [5, 5.41) is 9.07. The number of benzene rings is 1. The molecule has 0 amide bonds. The summed E-state index contributed by atoms with van der Waals surface area (Å²) in [6.07, 6.45) is 4.32. The first kappa shape index (κ1) is 12.7. The van der Waals surface area contributed by atoms with Crippen LogP contribution in [-0.2, 0) is 19.5 Å². The van der Waals surface area contributed by atoms with E-state index in [4.69, 9.17) is 5.26 Å². The van der Waals surface area contributed by atoms with E-state index >= 15 is 0 Å². The lowest BCUT2D eigenvalue weighted by Crippen LogP contribution is -2.31. The molecule has 1 aliphatic heterocycles. The third-order valence-electron chi connectivity index (χ3n) is 3.54. The molecular formula is C15H13FN4. The van der Waals surface area contributed by atoms with E-state index in [1.54, 1.807) is 12.4 Å². The number of hydrogen-bond acceptors (Lipinski definition) is 4. The van der Waals surface area contributed by atoms with Gasteiger partial charge in [-0.3, -0.25) is 4.90 Å². The number of rotatable bonds is 2. The second-order valence-electron chi connectivity index (χ2n) is 4.87. The first-order chi connectivity index (χ1) is 9.76. The van der Waals surface area contributed by atoms with Crippen molar-refractivity contribution in [3.8, 4) is 6.07 Å². The molecule has 20 heavy (non-hydrogen) atoms. The van der Waals surface area contributed by atoms with Crippen molar-refractivity contribution in [2.45, 2.75) is 19.5 Å². The molecule has 1 aromatic carbocycles. The third kappa shape index (κ3) is 2.51. The smallest absolute Gasteiger partial charge is 0.124 e. The summed E-state index contributed by atoms with van der Waals surface area (Å²) in [6, 6.07) is 6.42. The summed E-state index contributed by atoms with van der Waals surface area (Å²) in [5.41, 5.74) is 3.47. The van der Waals surface area contributed by atoms with Crippen LogP contribution in [0.5, 0.6) is 0 Å². The van der Waals surface area contributed by atoms with Crippen molar-refractivity contribution in [2.75, 3.05) is 6.54 Å². The molecule has 1 aliphatic rings. The van der Waals surface area contributed by atoms with Gasteiger partial charge in [0.05, 0.1) is 17.3 Å². The summed E-state index contributed by atoms with van der Waals surface area (Å²) in [7, 11) is 0. The quantitative estimate of drug-likeness (QED) is 0.836. The predicted octanol–water partition coefficient (Wildman–Crippen LogP) is 2.05. The number of aromatic nitrogens is 2. The van der Waals surface area contributed by atoms with Crippen LogP contribution in [0.1, 0.15) is 22.4 Å². The molecule has 0 radical (unpaired) electrons. The molecular weight excluding hydrogens is 255 g/mol. The van der Waals surface area contributed by atoms with E-state index in [1.807, 2.05) is 6.20 Å². The normalized spacial score (nSPS) is 14.6. The molecule has 5 heteroatoms. The Kier molecular flexibility index (Phi) is 3.40. The Balaban J connectivity index is 1.79. The maximum absolute atomic E-state index is 13.1. The Labute approximate surface area is 116 Å². The molecule has 0 spiro atoms. The van der Waals surface area contributed by atoms with Gasteiger partial charge in [-0.2, -0.15) is 5.26 Å². The summed E-state index contributed by atoms with van der Waals surface area (Å²) >= 11 is 0. The summed E-state index contributed by atoms with van der Waals surface area (Å²) in [5.74, 6) is -0.373. The Morgan fingerprint density at radius 3 is 3.15 bits per heavy atom. The van der Waals surface area contributed by atoms with Crippen LogP contribution in [0.4, 0.5) is 4.39 Å².